The summed E-state index contributed by atoms with van der Waals surface area (Å²) in [5, 5.41) is 0. The van der Waals surface area contributed by atoms with Gasteiger partial charge in [-0.05, 0) is 30.0 Å². The smallest absolute Gasteiger partial charge is 0.269 e. The minimum Gasteiger partial charge on any atom is -0.273 e. The van der Waals surface area contributed by atoms with Gasteiger partial charge in [0.2, 0.25) is 5.91 Å². The Morgan fingerprint density at radius 1 is 1.11 bits per heavy atom. The fourth-order valence-electron chi connectivity index (χ4n) is 1.51. The average Bonchev–Trinajstić information content (AvgIpc) is 2.35. The molecule has 0 aliphatic heterocycles. The highest BCUT2D eigenvalue weighted by Crippen LogP contribution is 2.04. The van der Waals surface area contributed by atoms with Crippen molar-refractivity contribution in [2.24, 2.45) is 5.92 Å². The Balaban J connectivity index is 2.47. The van der Waals surface area contributed by atoms with E-state index in [-0.39, 0.29) is 17.7 Å². The first-order chi connectivity index (χ1) is 8.52. The number of amides is 2. The number of hydrazine groups is 1. The van der Waals surface area contributed by atoms with Crippen molar-refractivity contribution in [3.63, 3.8) is 0 Å². The number of hydrogen-bond acceptors (Lipinski definition) is 2. The average molecular weight is 248 g/mol. The first-order valence-corrected chi connectivity index (χ1v) is 6.21. The van der Waals surface area contributed by atoms with Gasteiger partial charge in [-0.1, -0.05) is 32.9 Å². The van der Waals surface area contributed by atoms with E-state index in [2.05, 4.69) is 17.8 Å². The fraction of sp³-hybridized carbons (Fsp3) is 0.429. The van der Waals surface area contributed by atoms with Gasteiger partial charge in [0.1, 0.15) is 0 Å². The lowest BCUT2D eigenvalue weighted by Gasteiger charge is -2.09. The highest BCUT2D eigenvalue weighted by Gasteiger charge is 2.08. The topological polar surface area (TPSA) is 58.2 Å². The van der Waals surface area contributed by atoms with Crippen LogP contribution in [0.3, 0.4) is 0 Å². The molecule has 4 nitrogen and oxygen atoms in total. The zero-order valence-electron chi connectivity index (χ0n) is 11.1. The van der Waals surface area contributed by atoms with Crippen molar-refractivity contribution >= 4 is 11.8 Å². The lowest BCUT2D eigenvalue weighted by Crippen LogP contribution is -2.41. The molecule has 4 heteroatoms. The molecule has 0 unspecified atom stereocenters. The molecule has 0 radical (unpaired) electrons. The van der Waals surface area contributed by atoms with Gasteiger partial charge in [-0.3, -0.25) is 20.4 Å². The van der Waals surface area contributed by atoms with Crippen LogP contribution < -0.4 is 10.9 Å². The minimum absolute atomic E-state index is 0.177. The van der Waals surface area contributed by atoms with Gasteiger partial charge in [0.15, 0.2) is 0 Å². The minimum atomic E-state index is -0.297. The molecule has 0 saturated heterocycles. The predicted molar refractivity (Wildman–Crippen MR) is 70.9 cm³/mol. The van der Waals surface area contributed by atoms with Crippen LogP contribution in [0.4, 0.5) is 0 Å². The van der Waals surface area contributed by atoms with Crippen LogP contribution in [0.25, 0.3) is 0 Å². The van der Waals surface area contributed by atoms with E-state index in [0.717, 1.165) is 6.42 Å². The Hall–Kier alpha value is -1.84. The standard InChI is InChI=1S/C14H20N2O2/c1-4-11-5-7-12(8-6-11)14(18)16-15-13(17)9-10(2)3/h5-8,10H,4,9H2,1-3H3,(H,15,17)(H,16,18). The molecule has 1 rings (SSSR count). The van der Waals surface area contributed by atoms with E-state index in [4.69, 9.17) is 0 Å². The van der Waals surface area contributed by atoms with Crippen LogP contribution in [0.1, 0.15) is 43.1 Å². The third-order valence-electron chi connectivity index (χ3n) is 2.53. The van der Waals surface area contributed by atoms with Crippen LogP contribution in [-0.2, 0) is 11.2 Å². The Bertz CT molecular complexity index is 410. The van der Waals surface area contributed by atoms with Gasteiger partial charge in [-0.2, -0.15) is 0 Å². The molecule has 98 valence electrons. The molecule has 0 fully saturated rings. The number of carbonyl (C=O) groups is 2. The Kier molecular flexibility index (Phi) is 5.36. The number of aryl methyl sites for hydroxylation is 1. The second kappa shape index (κ2) is 6.79. The second-order valence-electron chi connectivity index (χ2n) is 4.65. The van der Waals surface area contributed by atoms with Crippen LogP contribution in [0.5, 0.6) is 0 Å². The molecular weight excluding hydrogens is 228 g/mol. The third kappa shape index (κ3) is 4.57. The quantitative estimate of drug-likeness (QED) is 0.801. The Morgan fingerprint density at radius 3 is 2.22 bits per heavy atom. The van der Waals surface area contributed by atoms with Crippen molar-refractivity contribution in [1.29, 1.82) is 0 Å². The first-order valence-electron chi connectivity index (χ1n) is 6.21. The largest absolute Gasteiger partial charge is 0.273 e. The maximum absolute atomic E-state index is 11.7. The summed E-state index contributed by atoms with van der Waals surface area (Å²) in [6.07, 6.45) is 1.34. The zero-order valence-corrected chi connectivity index (χ0v) is 11.1. The van der Waals surface area contributed by atoms with E-state index in [1.54, 1.807) is 12.1 Å². The predicted octanol–water partition coefficient (Wildman–Crippen LogP) is 2.06. The molecule has 1 aromatic carbocycles. The van der Waals surface area contributed by atoms with E-state index in [1.807, 2.05) is 26.0 Å². The summed E-state index contributed by atoms with van der Waals surface area (Å²) in [7, 11) is 0. The molecule has 1 aromatic rings. The molecular formula is C14H20N2O2. The molecule has 2 N–H and O–H groups in total. The van der Waals surface area contributed by atoms with Crippen molar-refractivity contribution in [3.8, 4) is 0 Å². The summed E-state index contributed by atoms with van der Waals surface area (Å²) in [5.74, 6) is -0.205. The molecule has 0 aliphatic rings. The van der Waals surface area contributed by atoms with Crippen molar-refractivity contribution in [2.45, 2.75) is 33.6 Å². The number of carbonyl (C=O) groups excluding carboxylic acids is 2. The molecule has 0 heterocycles. The van der Waals surface area contributed by atoms with Gasteiger partial charge in [0, 0.05) is 12.0 Å². The van der Waals surface area contributed by atoms with E-state index in [9.17, 15) is 9.59 Å². The molecule has 0 atom stereocenters. The summed E-state index contributed by atoms with van der Waals surface area (Å²) < 4.78 is 0. The summed E-state index contributed by atoms with van der Waals surface area (Å²) in [6.45, 7) is 5.96. The number of nitrogens with one attached hydrogen (secondary N) is 2. The van der Waals surface area contributed by atoms with Crippen LogP contribution >= 0.6 is 0 Å². The van der Waals surface area contributed by atoms with Gasteiger partial charge in [-0.25, -0.2) is 0 Å². The van der Waals surface area contributed by atoms with Gasteiger partial charge < -0.3 is 0 Å². The van der Waals surface area contributed by atoms with Crippen molar-refractivity contribution in [3.05, 3.63) is 35.4 Å². The molecule has 0 bridgehead atoms. The molecule has 0 saturated carbocycles. The van der Waals surface area contributed by atoms with E-state index < -0.39 is 0 Å². The third-order valence-corrected chi connectivity index (χ3v) is 2.53. The second-order valence-corrected chi connectivity index (χ2v) is 4.65. The summed E-state index contributed by atoms with van der Waals surface area (Å²) >= 11 is 0. The van der Waals surface area contributed by atoms with Crippen LogP contribution in [0.2, 0.25) is 0 Å². The maximum Gasteiger partial charge on any atom is 0.269 e. The zero-order chi connectivity index (χ0) is 13.5. The Labute approximate surface area is 108 Å². The number of benzene rings is 1. The SMILES string of the molecule is CCc1ccc(C(=O)NNC(=O)CC(C)C)cc1. The molecule has 2 amide bonds. The number of rotatable bonds is 4. The maximum atomic E-state index is 11.7. The molecule has 18 heavy (non-hydrogen) atoms. The summed E-state index contributed by atoms with van der Waals surface area (Å²) in [4.78, 5) is 23.1. The van der Waals surface area contributed by atoms with Gasteiger partial charge >= 0.3 is 0 Å². The van der Waals surface area contributed by atoms with Crippen molar-refractivity contribution in [1.82, 2.24) is 10.9 Å². The molecule has 0 aromatic heterocycles. The Morgan fingerprint density at radius 2 is 1.72 bits per heavy atom. The van der Waals surface area contributed by atoms with Crippen LogP contribution in [0, 0.1) is 5.92 Å². The summed E-state index contributed by atoms with van der Waals surface area (Å²) in [6, 6.07) is 7.32. The summed E-state index contributed by atoms with van der Waals surface area (Å²) in [5.41, 5.74) is 6.52. The van der Waals surface area contributed by atoms with Crippen molar-refractivity contribution in [2.75, 3.05) is 0 Å². The normalized spacial score (nSPS) is 10.2. The first kappa shape index (κ1) is 14.2. The number of hydrogen-bond donors (Lipinski definition) is 2. The van der Waals surface area contributed by atoms with E-state index in [1.165, 1.54) is 5.56 Å². The molecule has 0 aliphatic carbocycles. The lowest BCUT2D eigenvalue weighted by atomic mass is 10.1. The van der Waals surface area contributed by atoms with E-state index in [0.29, 0.717) is 12.0 Å². The lowest BCUT2D eigenvalue weighted by molar-refractivity contribution is -0.122. The van der Waals surface area contributed by atoms with Gasteiger partial charge in [0.05, 0.1) is 0 Å². The van der Waals surface area contributed by atoms with Crippen LogP contribution in [0.15, 0.2) is 24.3 Å². The van der Waals surface area contributed by atoms with E-state index >= 15 is 0 Å². The van der Waals surface area contributed by atoms with Gasteiger partial charge in [-0.15, -0.1) is 0 Å². The molecule has 0 spiro atoms. The van der Waals surface area contributed by atoms with Gasteiger partial charge in [0.25, 0.3) is 5.91 Å². The highest BCUT2D eigenvalue weighted by molar-refractivity contribution is 5.95. The fourth-order valence-corrected chi connectivity index (χ4v) is 1.51. The highest BCUT2D eigenvalue weighted by atomic mass is 16.2. The van der Waals surface area contributed by atoms with Crippen LogP contribution in [-0.4, -0.2) is 11.8 Å². The monoisotopic (exact) mass is 248 g/mol. The van der Waals surface area contributed by atoms with Crippen molar-refractivity contribution < 1.29 is 9.59 Å².